The number of carbonyl (C=O) groups excluding carboxylic acids is 2. The molecule has 5 rings (SSSR count). The Morgan fingerprint density at radius 2 is 1.66 bits per heavy atom. The summed E-state index contributed by atoms with van der Waals surface area (Å²) in [6.07, 6.45) is 1.59. The molecule has 2 amide bonds. The zero-order valence-corrected chi connectivity index (χ0v) is 19.7. The van der Waals surface area contributed by atoms with Crippen molar-refractivity contribution < 1.29 is 29.0 Å². The van der Waals surface area contributed by atoms with E-state index in [4.69, 9.17) is 9.47 Å². The summed E-state index contributed by atoms with van der Waals surface area (Å²) in [5, 5.41) is 12.3. The number of benzene rings is 2. The smallest absolute Gasteiger partial charge is 0.407 e. The Labute approximate surface area is 204 Å². The SMILES string of the molecule is CN(C(=O)C1CCCC1NC(=O)OCC1c2ccccc2-c2ccccc21)C1COCC1C(=O)O. The summed E-state index contributed by atoms with van der Waals surface area (Å²) in [7, 11) is 1.63. The van der Waals surface area contributed by atoms with Crippen molar-refractivity contribution in [3.05, 3.63) is 59.7 Å². The van der Waals surface area contributed by atoms with Gasteiger partial charge < -0.3 is 24.8 Å². The molecule has 0 bridgehead atoms. The third-order valence-corrected chi connectivity index (χ3v) is 7.69. The van der Waals surface area contributed by atoms with Crippen LogP contribution in [0.3, 0.4) is 0 Å². The molecule has 3 aliphatic rings. The number of carboxylic acids is 1. The Kier molecular flexibility index (Phi) is 6.47. The number of nitrogens with one attached hydrogen (secondary N) is 1. The first-order valence-corrected chi connectivity index (χ1v) is 12.1. The first kappa shape index (κ1) is 23.4. The van der Waals surface area contributed by atoms with E-state index in [2.05, 4.69) is 29.6 Å². The third-order valence-electron chi connectivity index (χ3n) is 7.69. The summed E-state index contributed by atoms with van der Waals surface area (Å²) >= 11 is 0. The van der Waals surface area contributed by atoms with Crippen LogP contribution >= 0.6 is 0 Å². The standard InChI is InChI=1S/C27H30N2O6/c1-29(24-15-34-13-22(24)26(31)32)25(30)20-11-6-12-23(20)28-27(33)35-14-21-18-9-4-2-7-16(18)17-8-3-5-10-19(17)21/h2-5,7-10,20-24H,6,11-15H2,1H3,(H,28,33)(H,31,32). The molecule has 2 aliphatic carbocycles. The van der Waals surface area contributed by atoms with Crippen LogP contribution < -0.4 is 5.32 Å². The second-order valence-electron chi connectivity index (χ2n) is 9.61. The fourth-order valence-corrected chi connectivity index (χ4v) is 5.81. The van der Waals surface area contributed by atoms with E-state index in [0.29, 0.717) is 12.8 Å². The fraction of sp³-hybridized carbons (Fsp3) is 0.444. The van der Waals surface area contributed by atoms with Crippen LogP contribution in [-0.2, 0) is 19.1 Å². The third kappa shape index (κ3) is 4.38. The van der Waals surface area contributed by atoms with Crippen molar-refractivity contribution in [3.8, 4) is 11.1 Å². The molecule has 1 saturated heterocycles. The fourth-order valence-electron chi connectivity index (χ4n) is 5.81. The van der Waals surface area contributed by atoms with Crippen molar-refractivity contribution in [2.45, 2.75) is 37.3 Å². The van der Waals surface area contributed by atoms with E-state index in [1.807, 2.05) is 24.3 Å². The molecule has 8 nitrogen and oxygen atoms in total. The van der Waals surface area contributed by atoms with Gasteiger partial charge in [0.25, 0.3) is 0 Å². The molecular weight excluding hydrogens is 448 g/mol. The molecule has 0 radical (unpaired) electrons. The zero-order valence-electron chi connectivity index (χ0n) is 19.7. The molecule has 1 heterocycles. The summed E-state index contributed by atoms with van der Waals surface area (Å²) in [5.41, 5.74) is 4.61. The molecule has 2 aromatic rings. The lowest BCUT2D eigenvalue weighted by atomic mass is 9.97. The van der Waals surface area contributed by atoms with Gasteiger partial charge in [-0.3, -0.25) is 9.59 Å². The number of carbonyl (C=O) groups is 3. The van der Waals surface area contributed by atoms with Crippen LogP contribution in [0.4, 0.5) is 4.79 Å². The number of amides is 2. The van der Waals surface area contributed by atoms with Crippen molar-refractivity contribution in [1.82, 2.24) is 10.2 Å². The number of aliphatic carboxylic acids is 1. The molecule has 8 heteroatoms. The van der Waals surface area contributed by atoms with Crippen LogP contribution in [0.5, 0.6) is 0 Å². The Hall–Kier alpha value is -3.39. The molecular formula is C27H30N2O6. The van der Waals surface area contributed by atoms with Gasteiger partial charge >= 0.3 is 12.1 Å². The van der Waals surface area contributed by atoms with Gasteiger partial charge in [-0.2, -0.15) is 0 Å². The number of fused-ring (bicyclic) bond motifs is 3. The number of carboxylic acid groups (broad SMARTS) is 1. The predicted molar refractivity (Wildman–Crippen MR) is 128 cm³/mol. The highest BCUT2D eigenvalue weighted by Gasteiger charge is 2.43. The first-order valence-electron chi connectivity index (χ1n) is 12.1. The van der Waals surface area contributed by atoms with Crippen molar-refractivity contribution in [2.24, 2.45) is 11.8 Å². The van der Waals surface area contributed by atoms with Crippen molar-refractivity contribution in [3.63, 3.8) is 0 Å². The topological polar surface area (TPSA) is 105 Å². The first-order chi connectivity index (χ1) is 17.0. The predicted octanol–water partition coefficient (Wildman–Crippen LogP) is 3.25. The lowest BCUT2D eigenvalue weighted by Gasteiger charge is -2.31. The highest BCUT2D eigenvalue weighted by atomic mass is 16.5. The zero-order chi connectivity index (χ0) is 24.5. The largest absolute Gasteiger partial charge is 0.481 e. The van der Waals surface area contributed by atoms with Crippen LogP contribution in [0.15, 0.2) is 48.5 Å². The van der Waals surface area contributed by atoms with E-state index in [-0.39, 0.29) is 37.7 Å². The average Bonchev–Trinajstić information content (AvgIpc) is 3.60. The van der Waals surface area contributed by atoms with Gasteiger partial charge in [0.15, 0.2) is 0 Å². The molecule has 2 fully saturated rings. The lowest BCUT2D eigenvalue weighted by Crippen LogP contribution is -2.50. The van der Waals surface area contributed by atoms with E-state index in [1.54, 1.807) is 7.05 Å². The van der Waals surface area contributed by atoms with Crippen LogP contribution in [0, 0.1) is 11.8 Å². The Morgan fingerprint density at radius 3 is 2.31 bits per heavy atom. The molecule has 35 heavy (non-hydrogen) atoms. The average molecular weight is 479 g/mol. The monoisotopic (exact) mass is 478 g/mol. The summed E-state index contributed by atoms with van der Waals surface area (Å²) in [5.74, 6) is -2.30. The van der Waals surface area contributed by atoms with Crippen LogP contribution in [0.2, 0.25) is 0 Å². The molecule has 4 unspecified atom stereocenters. The highest BCUT2D eigenvalue weighted by molar-refractivity contribution is 5.82. The second kappa shape index (κ2) is 9.70. The van der Waals surface area contributed by atoms with Gasteiger partial charge in [0, 0.05) is 19.0 Å². The molecule has 0 spiro atoms. The van der Waals surface area contributed by atoms with E-state index < -0.39 is 29.9 Å². The number of ether oxygens (including phenoxy) is 2. The highest BCUT2D eigenvalue weighted by Crippen LogP contribution is 2.44. The Morgan fingerprint density at radius 1 is 1.00 bits per heavy atom. The van der Waals surface area contributed by atoms with Gasteiger partial charge in [-0.05, 0) is 35.1 Å². The normalized spacial score (nSPS) is 25.1. The summed E-state index contributed by atoms with van der Waals surface area (Å²) in [6.45, 7) is 0.519. The molecule has 2 aromatic carbocycles. The van der Waals surface area contributed by atoms with Gasteiger partial charge in [-0.25, -0.2) is 4.79 Å². The minimum Gasteiger partial charge on any atom is -0.481 e. The summed E-state index contributed by atoms with van der Waals surface area (Å²) < 4.78 is 11.0. The van der Waals surface area contributed by atoms with Crippen molar-refractivity contribution in [1.29, 1.82) is 0 Å². The molecule has 0 aromatic heterocycles. The van der Waals surface area contributed by atoms with Crippen LogP contribution in [0.1, 0.15) is 36.3 Å². The molecule has 2 N–H and O–H groups in total. The number of alkyl carbamates (subject to hydrolysis) is 1. The summed E-state index contributed by atoms with van der Waals surface area (Å²) in [4.78, 5) is 39.0. The molecule has 1 saturated carbocycles. The number of nitrogens with zero attached hydrogens (tertiary/aromatic N) is 1. The minimum atomic E-state index is -0.966. The Bertz CT molecular complexity index is 1090. The van der Waals surface area contributed by atoms with Gasteiger partial charge in [-0.15, -0.1) is 0 Å². The maximum atomic E-state index is 13.2. The quantitative estimate of drug-likeness (QED) is 0.660. The molecule has 1 aliphatic heterocycles. The van der Waals surface area contributed by atoms with E-state index in [0.717, 1.165) is 28.7 Å². The maximum Gasteiger partial charge on any atom is 0.407 e. The second-order valence-corrected chi connectivity index (χ2v) is 9.61. The number of hydrogen-bond acceptors (Lipinski definition) is 5. The Balaban J connectivity index is 1.21. The van der Waals surface area contributed by atoms with E-state index in [1.165, 1.54) is 4.90 Å². The van der Waals surface area contributed by atoms with Gasteiger partial charge in [0.2, 0.25) is 5.91 Å². The van der Waals surface area contributed by atoms with Crippen LogP contribution in [0.25, 0.3) is 11.1 Å². The molecule has 184 valence electrons. The number of likely N-dealkylation sites (N-methyl/N-ethyl adjacent to an activating group) is 1. The van der Waals surface area contributed by atoms with Crippen LogP contribution in [-0.4, -0.2) is 66.9 Å². The van der Waals surface area contributed by atoms with E-state index in [9.17, 15) is 19.5 Å². The van der Waals surface area contributed by atoms with Gasteiger partial charge in [0.05, 0.1) is 25.2 Å². The van der Waals surface area contributed by atoms with Crippen molar-refractivity contribution in [2.75, 3.05) is 26.9 Å². The number of rotatable bonds is 6. The van der Waals surface area contributed by atoms with Gasteiger partial charge in [-0.1, -0.05) is 55.0 Å². The number of hydrogen-bond donors (Lipinski definition) is 2. The lowest BCUT2D eigenvalue weighted by molar-refractivity contribution is -0.145. The maximum absolute atomic E-state index is 13.2. The minimum absolute atomic E-state index is 0.0318. The van der Waals surface area contributed by atoms with Crippen molar-refractivity contribution >= 4 is 18.0 Å². The molecule has 4 atom stereocenters. The van der Waals surface area contributed by atoms with E-state index >= 15 is 0 Å². The summed E-state index contributed by atoms with van der Waals surface area (Å²) in [6, 6.07) is 15.5. The van der Waals surface area contributed by atoms with Gasteiger partial charge in [0.1, 0.15) is 12.5 Å².